The van der Waals surface area contributed by atoms with Crippen LogP contribution < -0.4 is 5.56 Å². The number of nitrogens with zero attached hydrogens (tertiary/aromatic N) is 5. The van der Waals surface area contributed by atoms with Gasteiger partial charge < -0.3 is 4.74 Å². The predicted molar refractivity (Wildman–Crippen MR) is 102 cm³/mol. The first-order valence-electron chi connectivity index (χ1n) is 10.00. The highest BCUT2D eigenvalue weighted by molar-refractivity contribution is 5.18. The van der Waals surface area contributed by atoms with Crippen LogP contribution in [0.1, 0.15) is 49.6 Å². The molecule has 0 spiro atoms. The summed E-state index contributed by atoms with van der Waals surface area (Å²) in [6.07, 6.45) is 5.94. The molecule has 0 amide bonds. The lowest BCUT2D eigenvalue weighted by molar-refractivity contribution is 0.0782. The summed E-state index contributed by atoms with van der Waals surface area (Å²) in [5.41, 5.74) is 3.46. The van der Waals surface area contributed by atoms with Crippen LogP contribution in [0, 0.1) is 5.92 Å². The molecule has 2 aliphatic rings. The third-order valence-electron chi connectivity index (χ3n) is 5.77. The zero-order valence-corrected chi connectivity index (χ0v) is 16.3. The standard InChI is InChI=1S/C20H29N5O2/c1-15(2)18-9-20(26)24(14-21-18)11-16-3-5-23(6-4-16)12-17-10-22-25-7-8-27-13-19(17)25/h9-10,14-16H,3-8,11-13H2,1-2H3. The van der Waals surface area contributed by atoms with Gasteiger partial charge in [-0.1, -0.05) is 13.8 Å². The fourth-order valence-electron chi connectivity index (χ4n) is 4.00. The summed E-state index contributed by atoms with van der Waals surface area (Å²) in [7, 11) is 0. The highest BCUT2D eigenvalue weighted by Gasteiger charge is 2.23. The average Bonchev–Trinajstić information content (AvgIpc) is 3.08. The molecule has 1 fully saturated rings. The van der Waals surface area contributed by atoms with Gasteiger partial charge in [0.2, 0.25) is 0 Å². The highest BCUT2D eigenvalue weighted by Crippen LogP contribution is 2.22. The second kappa shape index (κ2) is 7.94. The molecule has 1 saturated heterocycles. The Morgan fingerprint density at radius 1 is 1.26 bits per heavy atom. The van der Waals surface area contributed by atoms with Gasteiger partial charge >= 0.3 is 0 Å². The van der Waals surface area contributed by atoms with E-state index in [0.717, 1.165) is 57.9 Å². The van der Waals surface area contributed by atoms with Crippen LogP contribution in [0.25, 0.3) is 0 Å². The Bertz CT molecular complexity index is 833. The summed E-state index contributed by atoms with van der Waals surface area (Å²) in [6, 6.07) is 1.69. The first-order valence-corrected chi connectivity index (χ1v) is 10.00. The molecule has 7 nitrogen and oxygen atoms in total. The monoisotopic (exact) mass is 371 g/mol. The average molecular weight is 371 g/mol. The van der Waals surface area contributed by atoms with Gasteiger partial charge in [-0.25, -0.2) is 4.98 Å². The van der Waals surface area contributed by atoms with Crippen LogP contribution in [0.5, 0.6) is 0 Å². The molecule has 4 heterocycles. The van der Waals surface area contributed by atoms with E-state index in [1.54, 1.807) is 17.0 Å². The van der Waals surface area contributed by atoms with E-state index in [2.05, 4.69) is 33.5 Å². The first kappa shape index (κ1) is 18.4. The molecule has 146 valence electrons. The second-order valence-corrected chi connectivity index (χ2v) is 8.07. The van der Waals surface area contributed by atoms with Crippen LogP contribution in [0.2, 0.25) is 0 Å². The van der Waals surface area contributed by atoms with Crippen molar-refractivity contribution in [1.29, 1.82) is 0 Å². The molecule has 4 rings (SSSR count). The first-order chi connectivity index (χ1) is 13.1. The number of likely N-dealkylation sites (tertiary alicyclic amines) is 1. The molecule has 0 unspecified atom stereocenters. The summed E-state index contributed by atoms with van der Waals surface area (Å²) < 4.78 is 9.43. The minimum Gasteiger partial charge on any atom is -0.373 e. The Morgan fingerprint density at radius 2 is 2.07 bits per heavy atom. The molecule has 0 radical (unpaired) electrons. The number of aromatic nitrogens is 4. The van der Waals surface area contributed by atoms with Crippen molar-refractivity contribution >= 4 is 0 Å². The van der Waals surface area contributed by atoms with Crippen LogP contribution >= 0.6 is 0 Å². The Morgan fingerprint density at radius 3 is 2.81 bits per heavy atom. The lowest BCUT2D eigenvalue weighted by atomic mass is 9.96. The fraction of sp³-hybridized carbons (Fsp3) is 0.650. The topological polar surface area (TPSA) is 65.2 Å². The molecule has 2 aromatic rings. The summed E-state index contributed by atoms with van der Waals surface area (Å²) in [5.74, 6) is 0.825. The van der Waals surface area contributed by atoms with Crippen molar-refractivity contribution in [2.45, 2.75) is 58.8 Å². The largest absolute Gasteiger partial charge is 0.373 e. The zero-order valence-electron chi connectivity index (χ0n) is 16.3. The third-order valence-corrected chi connectivity index (χ3v) is 5.77. The molecule has 0 aromatic carbocycles. The van der Waals surface area contributed by atoms with Crippen LogP contribution in [0.15, 0.2) is 23.4 Å². The normalized spacial score (nSPS) is 18.8. The summed E-state index contributed by atoms with van der Waals surface area (Å²) in [6.45, 7) is 10.2. The maximum Gasteiger partial charge on any atom is 0.253 e. The van der Waals surface area contributed by atoms with Crippen molar-refractivity contribution in [2.75, 3.05) is 19.7 Å². The van der Waals surface area contributed by atoms with Gasteiger partial charge in [0.05, 0.1) is 43.7 Å². The van der Waals surface area contributed by atoms with E-state index in [1.807, 2.05) is 6.20 Å². The predicted octanol–water partition coefficient (Wildman–Crippen LogP) is 2.01. The van der Waals surface area contributed by atoms with E-state index in [0.29, 0.717) is 12.5 Å². The Hall–Kier alpha value is -1.99. The maximum atomic E-state index is 12.3. The molecule has 27 heavy (non-hydrogen) atoms. The number of ether oxygens (including phenoxy) is 1. The summed E-state index contributed by atoms with van der Waals surface area (Å²) in [4.78, 5) is 19.3. The van der Waals surface area contributed by atoms with E-state index in [-0.39, 0.29) is 11.5 Å². The van der Waals surface area contributed by atoms with Crippen molar-refractivity contribution in [3.8, 4) is 0 Å². The second-order valence-electron chi connectivity index (χ2n) is 8.07. The SMILES string of the molecule is CC(C)c1cc(=O)n(CC2CCN(Cc3cnn4c3COCC4)CC2)cn1. The van der Waals surface area contributed by atoms with E-state index < -0.39 is 0 Å². The quantitative estimate of drug-likeness (QED) is 0.804. The minimum absolute atomic E-state index is 0.0719. The Kier molecular flexibility index (Phi) is 5.41. The van der Waals surface area contributed by atoms with Crippen LogP contribution in [0.3, 0.4) is 0 Å². The zero-order chi connectivity index (χ0) is 18.8. The van der Waals surface area contributed by atoms with E-state index >= 15 is 0 Å². The number of fused-ring (bicyclic) bond motifs is 1. The van der Waals surface area contributed by atoms with E-state index in [9.17, 15) is 4.79 Å². The van der Waals surface area contributed by atoms with Crippen molar-refractivity contribution in [3.05, 3.63) is 45.9 Å². The van der Waals surface area contributed by atoms with Crippen LogP contribution in [0.4, 0.5) is 0 Å². The Balaban J connectivity index is 1.32. The number of hydrogen-bond donors (Lipinski definition) is 0. The fourth-order valence-corrected chi connectivity index (χ4v) is 4.00. The number of hydrogen-bond acceptors (Lipinski definition) is 5. The van der Waals surface area contributed by atoms with Crippen molar-refractivity contribution in [3.63, 3.8) is 0 Å². The van der Waals surface area contributed by atoms with Crippen LogP contribution in [-0.2, 0) is 31.0 Å². The number of piperidine rings is 1. The molecule has 0 atom stereocenters. The summed E-state index contributed by atoms with van der Waals surface area (Å²) >= 11 is 0. The van der Waals surface area contributed by atoms with Gasteiger partial charge in [-0.05, 0) is 37.8 Å². The molecule has 7 heteroatoms. The third kappa shape index (κ3) is 4.14. The Labute approximate surface area is 160 Å². The molecular formula is C20H29N5O2. The molecule has 0 bridgehead atoms. The molecule has 0 aliphatic carbocycles. The highest BCUT2D eigenvalue weighted by atomic mass is 16.5. The minimum atomic E-state index is 0.0719. The lowest BCUT2D eigenvalue weighted by Gasteiger charge is -2.32. The molecule has 2 aromatic heterocycles. The van der Waals surface area contributed by atoms with E-state index in [1.165, 1.54) is 11.3 Å². The smallest absolute Gasteiger partial charge is 0.253 e. The number of rotatable bonds is 5. The molecule has 0 saturated carbocycles. The molecule has 0 N–H and O–H groups in total. The van der Waals surface area contributed by atoms with Crippen molar-refractivity contribution in [2.24, 2.45) is 5.92 Å². The molecule has 2 aliphatic heterocycles. The van der Waals surface area contributed by atoms with Gasteiger partial charge in [0.25, 0.3) is 5.56 Å². The van der Waals surface area contributed by atoms with Gasteiger partial charge in [0.1, 0.15) is 0 Å². The van der Waals surface area contributed by atoms with Gasteiger partial charge in [-0.3, -0.25) is 18.9 Å². The van der Waals surface area contributed by atoms with Gasteiger partial charge in [-0.2, -0.15) is 5.10 Å². The maximum absolute atomic E-state index is 12.3. The van der Waals surface area contributed by atoms with Gasteiger partial charge in [0.15, 0.2) is 0 Å². The van der Waals surface area contributed by atoms with Gasteiger partial charge in [0, 0.05) is 24.7 Å². The van der Waals surface area contributed by atoms with E-state index in [4.69, 9.17) is 4.74 Å². The molecular weight excluding hydrogens is 342 g/mol. The van der Waals surface area contributed by atoms with Gasteiger partial charge in [-0.15, -0.1) is 0 Å². The van der Waals surface area contributed by atoms with Crippen molar-refractivity contribution in [1.82, 2.24) is 24.2 Å². The lowest BCUT2D eigenvalue weighted by Crippen LogP contribution is -2.36. The summed E-state index contributed by atoms with van der Waals surface area (Å²) in [5, 5.41) is 4.49. The van der Waals surface area contributed by atoms with Crippen molar-refractivity contribution < 1.29 is 4.74 Å². The van der Waals surface area contributed by atoms with Crippen LogP contribution in [-0.4, -0.2) is 43.9 Å².